The van der Waals surface area contributed by atoms with Gasteiger partial charge in [0.05, 0.1) is 11.3 Å². The molecule has 0 saturated heterocycles. The molecule has 3 heterocycles. The average Bonchev–Trinajstić information content (AvgIpc) is 2.55. The molecular weight excluding hydrogens is 306 g/mol. The maximum absolute atomic E-state index is 11.4. The molecule has 3 aromatic heterocycles. The molecule has 0 aliphatic rings. The van der Waals surface area contributed by atoms with Gasteiger partial charge in [-0.1, -0.05) is 6.07 Å². The molecule has 24 heavy (non-hydrogen) atoms. The molecule has 0 spiro atoms. The van der Waals surface area contributed by atoms with Crippen molar-refractivity contribution in [2.75, 3.05) is 10.6 Å². The lowest BCUT2D eigenvalue weighted by atomic mass is 10.2. The van der Waals surface area contributed by atoms with Crippen molar-refractivity contribution in [2.24, 2.45) is 5.73 Å². The first kappa shape index (κ1) is 15.3. The van der Waals surface area contributed by atoms with E-state index in [1.54, 1.807) is 18.3 Å². The van der Waals surface area contributed by atoms with E-state index in [-0.39, 0.29) is 5.56 Å². The van der Waals surface area contributed by atoms with Crippen LogP contribution in [0.2, 0.25) is 0 Å². The predicted octanol–water partition coefficient (Wildman–Crippen LogP) is 2.16. The second-order valence-electron chi connectivity index (χ2n) is 4.99. The van der Waals surface area contributed by atoms with E-state index in [0.29, 0.717) is 23.1 Å². The van der Waals surface area contributed by atoms with Crippen molar-refractivity contribution in [2.45, 2.75) is 6.92 Å². The van der Waals surface area contributed by atoms with Crippen molar-refractivity contribution >= 4 is 29.0 Å². The van der Waals surface area contributed by atoms with Crippen LogP contribution in [0.5, 0.6) is 0 Å². The van der Waals surface area contributed by atoms with Crippen LogP contribution in [-0.4, -0.2) is 25.8 Å². The van der Waals surface area contributed by atoms with Gasteiger partial charge in [-0.3, -0.25) is 9.78 Å². The Morgan fingerprint density at radius 3 is 2.62 bits per heavy atom. The number of carbonyl (C=O) groups is 1. The van der Waals surface area contributed by atoms with E-state index in [1.807, 2.05) is 25.1 Å². The topological polar surface area (TPSA) is 119 Å². The van der Waals surface area contributed by atoms with Crippen LogP contribution >= 0.6 is 0 Å². The summed E-state index contributed by atoms with van der Waals surface area (Å²) in [6.45, 7) is 1.91. The summed E-state index contributed by atoms with van der Waals surface area (Å²) in [4.78, 5) is 28.0. The third kappa shape index (κ3) is 3.61. The lowest BCUT2D eigenvalue weighted by Gasteiger charge is -2.10. The highest BCUT2D eigenvalue weighted by molar-refractivity contribution is 5.98. The third-order valence-corrected chi connectivity index (χ3v) is 3.16. The Morgan fingerprint density at radius 1 is 1.08 bits per heavy atom. The number of nitrogens with one attached hydrogen (secondary N) is 2. The number of nitrogens with zero attached hydrogens (tertiary/aromatic N) is 4. The monoisotopic (exact) mass is 321 g/mol. The number of amides is 1. The Hall–Kier alpha value is -3.55. The van der Waals surface area contributed by atoms with Gasteiger partial charge in [0.1, 0.15) is 23.8 Å². The van der Waals surface area contributed by atoms with Crippen molar-refractivity contribution in [3.05, 3.63) is 60.3 Å². The maximum atomic E-state index is 11.4. The van der Waals surface area contributed by atoms with Crippen molar-refractivity contribution in [3.8, 4) is 0 Å². The SMILES string of the molecule is Cc1cccc(Nc2cc(Nc3ccncc3C(N)=O)ncn2)n1. The molecule has 1 amide bonds. The summed E-state index contributed by atoms with van der Waals surface area (Å²) < 4.78 is 0. The van der Waals surface area contributed by atoms with Crippen molar-refractivity contribution in [1.82, 2.24) is 19.9 Å². The predicted molar refractivity (Wildman–Crippen MR) is 90.3 cm³/mol. The fourth-order valence-corrected chi connectivity index (χ4v) is 2.08. The van der Waals surface area contributed by atoms with Crippen LogP contribution in [-0.2, 0) is 0 Å². The summed E-state index contributed by atoms with van der Waals surface area (Å²) >= 11 is 0. The van der Waals surface area contributed by atoms with E-state index in [4.69, 9.17) is 5.73 Å². The molecule has 0 aromatic carbocycles. The number of aryl methyl sites for hydroxylation is 1. The molecule has 8 nitrogen and oxygen atoms in total. The number of pyridine rings is 2. The second-order valence-corrected chi connectivity index (χ2v) is 4.99. The molecule has 4 N–H and O–H groups in total. The number of anilines is 4. The van der Waals surface area contributed by atoms with Gasteiger partial charge < -0.3 is 16.4 Å². The van der Waals surface area contributed by atoms with E-state index in [2.05, 4.69) is 30.6 Å². The van der Waals surface area contributed by atoms with E-state index in [1.165, 1.54) is 12.5 Å². The van der Waals surface area contributed by atoms with Crippen LogP contribution in [0.15, 0.2) is 49.1 Å². The number of carbonyl (C=O) groups excluding carboxylic acids is 1. The summed E-state index contributed by atoms with van der Waals surface area (Å²) in [5, 5.41) is 6.14. The van der Waals surface area contributed by atoms with Gasteiger partial charge in [-0.25, -0.2) is 15.0 Å². The zero-order chi connectivity index (χ0) is 16.9. The molecule has 3 aromatic rings. The van der Waals surface area contributed by atoms with Gasteiger partial charge in [-0.15, -0.1) is 0 Å². The van der Waals surface area contributed by atoms with Crippen molar-refractivity contribution < 1.29 is 4.79 Å². The standard InChI is InChI=1S/C16H15N7O/c1-10-3-2-4-13(21-10)23-15-7-14(19-9-20-15)22-12-5-6-18-8-11(12)16(17)24/h2-9H,1H3,(H2,17,24)(H2,18,19,20,21,22,23). The minimum atomic E-state index is -0.568. The molecule has 3 rings (SSSR count). The highest BCUT2D eigenvalue weighted by Crippen LogP contribution is 2.20. The molecule has 120 valence electrons. The Morgan fingerprint density at radius 2 is 1.88 bits per heavy atom. The van der Waals surface area contributed by atoms with Gasteiger partial charge in [-0.05, 0) is 25.1 Å². The molecule has 0 aliphatic heterocycles. The number of hydrogen-bond acceptors (Lipinski definition) is 7. The first-order valence-electron chi connectivity index (χ1n) is 7.15. The fraction of sp³-hybridized carbons (Fsp3) is 0.0625. The van der Waals surface area contributed by atoms with Crippen molar-refractivity contribution in [3.63, 3.8) is 0 Å². The summed E-state index contributed by atoms with van der Waals surface area (Å²) in [6, 6.07) is 9.01. The average molecular weight is 321 g/mol. The van der Waals surface area contributed by atoms with Crippen LogP contribution in [0.25, 0.3) is 0 Å². The Balaban J connectivity index is 1.82. The summed E-state index contributed by atoms with van der Waals surface area (Å²) in [5.41, 5.74) is 7.05. The third-order valence-electron chi connectivity index (χ3n) is 3.16. The Labute approximate surface area is 138 Å². The summed E-state index contributed by atoms with van der Waals surface area (Å²) in [5.74, 6) is 1.19. The normalized spacial score (nSPS) is 10.2. The zero-order valence-corrected chi connectivity index (χ0v) is 12.9. The molecule has 0 unspecified atom stereocenters. The zero-order valence-electron chi connectivity index (χ0n) is 12.9. The smallest absolute Gasteiger partial charge is 0.252 e. The maximum Gasteiger partial charge on any atom is 0.252 e. The van der Waals surface area contributed by atoms with Gasteiger partial charge in [-0.2, -0.15) is 0 Å². The Bertz CT molecular complexity index is 882. The molecule has 8 heteroatoms. The molecule has 0 atom stereocenters. The van der Waals surface area contributed by atoms with Gasteiger partial charge in [0.15, 0.2) is 0 Å². The highest BCUT2D eigenvalue weighted by Gasteiger charge is 2.09. The van der Waals surface area contributed by atoms with Crippen LogP contribution in [0.1, 0.15) is 16.1 Å². The molecule has 0 fully saturated rings. The first-order chi connectivity index (χ1) is 11.6. The number of primary amides is 1. The van der Waals surface area contributed by atoms with Gasteiger partial charge >= 0.3 is 0 Å². The number of aromatic nitrogens is 4. The largest absolute Gasteiger partial charge is 0.365 e. The van der Waals surface area contributed by atoms with E-state index in [0.717, 1.165) is 5.69 Å². The Kier molecular flexibility index (Phi) is 4.28. The fourth-order valence-electron chi connectivity index (χ4n) is 2.08. The van der Waals surface area contributed by atoms with E-state index >= 15 is 0 Å². The number of hydrogen-bond donors (Lipinski definition) is 3. The van der Waals surface area contributed by atoms with E-state index in [9.17, 15) is 4.79 Å². The quantitative estimate of drug-likeness (QED) is 0.658. The molecule has 0 radical (unpaired) electrons. The summed E-state index contributed by atoms with van der Waals surface area (Å²) in [6.07, 6.45) is 4.37. The number of nitrogens with two attached hydrogens (primary N) is 1. The minimum absolute atomic E-state index is 0.283. The number of rotatable bonds is 5. The minimum Gasteiger partial charge on any atom is -0.365 e. The lowest BCUT2D eigenvalue weighted by Crippen LogP contribution is -2.13. The molecule has 0 saturated carbocycles. The van der Waals surface area contributed by atoms with Crippen molar-refractivity contribution in [1.29, 1.82) is 0 Å². The van der Waals surface area contributed by atoms with E-state index < -0.39 is 5.91 Å². The highest BCUT2D eigenvalue weighted by atomic mass is 16.1. The van der Waals surface area contributed by atoms with Gasteiger partial charge in [0.2, 0.25) is 0 Å². The van der Waals surface area contributed by atoms with Gasteiger partial charge in [0.25, 0.3) is 5.91 Å². The first-order valence-corrected chi connectivity index (χ1v) is 7.15. The van der Waals surface area contributed by atoms with Gasteiger partial charge in [0, 0.05) is 24.2 Å². The second kappa shape index (κ2) is 6.69. The lowest BCUT2D eigenvalue weighted by molar-refractivity contribution is 0.100. The van der Waals surface area contributed by atoms with Crippen LogP contribution in [0.3, 0.4) is 0 Å². The van der Waals surface area contributed by atoms with Crippen LogP contribution < -0.4 is 16.4 Å². The molecular formula is C16H15N7O. The molecule has 0 aliphatic carbocycles. The molecule has 0 bridgehead atoms. The van der Waals surface area contributed by atoms with Crippen LogP contribution in [0, 0.1) is 6.92 Å². The van der Waals surface area contributed by atoms with Crippen LogP contribution in [0.4, 0.5) is 23.1 Å². The summed E-state index contributed by atoms with van der Waals surface area (Å²) in [7, 11) is 0.